The Morgan fingerprint density at radius 2 is 1.86 bits per heavy atom. The standard InChI is InChI=1S/C23H35NO3.C8H9F/c1-3-10-21(25)13-6-4-11-20-12-5-7-14-23(20)19(2)27-18-22(26)17-24-15-8-9-16-24;1-6-3-4-7(2)8(9)5-6/h4-5,7,11-12,14,19,22,26H,3,6,8-10,13,15-18H2,1-2H3;3-5H,1-2H3/b11-4+;. The number of hydrogen-bond donors (Lipinski definition) is 1. The van der Waals surface area contributed by atoms with Crippen LogP contribution in [0.25, 0.3) is 6.08 Å². The second-order valence-electron chi connectivity index (χ2n) is 9.75. The molecule has 0 bridgehead atoms. The molecule has 2 aromatic rings. The summed E-state index contributed by atoms with van der Waals surface area (Å²) in [5.74, 6) is 0.217. The Balaban J connectivity index is 0.000000425. The number of aliphatic hydroxyl groups excluding tert-OH is 1. The monoisotopic (exact) mass is 497 g/mol. The zero-order chi connectivity index (χ0) is 26.3. The topological polar surface area (TPSA) is 49.8 Å². The van der Waals surface area contributed by atoms with Gasteiger partial charge in [0.25, 0.3) is 0 Å². The first-order valence-corrected chi connectivity index (χ1v) is 13.3. The van der Waals surface area contributed by atoms with Gasteiger partial charge in [-0.25, -0.2) is 4.39 Å². The van der Waals surface area contributed by atoms with Crippen LogP contribution in [0.2, 0.25) is 0 Å². The van der Waals surface area contributed by atoms with Crippen molar-refractivity contribution in [2.45, 2.75) is 78.4 Å². The van der Waals surface area contributed by atoms with Crippen molar-refractivity contribution in [3.8, 4) is 0 Å². The second kappa shape index (κ2) is 16.4. The summed E-state index contributed by atoms with van der Waals surface area (Å²) in [4.78, 5) is 13.9. The molecule has 1 heterocycles. The summed E-state index contributed by atoms with van der Waals surface area (Å²) in [6.45, 7) is 10.9. The SMILES string of the molecule is CCCC(=O)CC/C=C/c1ccccc1C(C)OCC(O)CN1CCCC1.Cc1ccc(C)c(F)c1. The number of halogens is 1. The first-order valence-electron chi connectivity index (χ1n) is 13.3. The van der Waals surface area contributed by atoms with Gasteiger partial charge < -0.3 is 14.7 Å². The van der Waals surface area contributed by atoms with E-state index in [9.17, 15) is 14.3 Å². The van der Waals surface area contributed by atoms with Crippen LogP contribution < -0.4 is 0 Å². The summed E-state index contributed by atoms with van der Waals surface area (Å²) in [7, 11) is 0. The Morgan fingerprint density at radius 1 is 1.14 bits per heavy atom. The van der Waals surface area contributed by atoms with Gasteiger partial charge in [-0.1, -0.05) is 55.5 Å². The van der Waals surface area contributed by atoms with Crippen LogP contribution in [0.4, 0.5) is 4.39 Å². The first kappa shape index (κ1) is 29.9. The van der Waals surface area contributed by atoms with Crippen molar-refractivity contribution in [2.75, 3.05) is 26.2 Å². The zero-order valence-electron chi connectivity index (χ0n) is 22.5. The lowest BCUT2D eigenvalue weighted by Gasteiger charge is -2.22. The number of ether oxygens (including phenoxy) is 1. The molecule has 1 aliphatic rings. The molecule has 4 nitrogen and oxygen atoms in total. The van der Waals surface area contributed by atoms with Gasteiger partial charge in [-0.05, 0) is 87.9 Å². The van der Waals surface area contributed by atoms with E-state index < -0.39 is 6.10 Å². The summed E-state index contributed by atoms with van der Waals surface area (Å²) in [6.07, 6.45) is 9.06. The van der Waals surface area contributed by atoms with E-state index in [1.807, 2.05) is 39.0 Å². The van der Waals surface area contributed by atoms with Crippen molar-refractivity contribution in [2.24, 2.45) is 0 Å². The molecule has 3 rings (SSSR count). The Kier molecular flexibility index (Phi) is 13.6. The molecule has 198 valence electrons. The van der Waals surface area contributed by atoms with Crippen molar-refractivity contribution in [1.82, 2.24) is 4.90 Å². The van der Waals surface area contributed by atoms with Gasteiger partial charge in [0.1, 0.15) is 11.6 Å². The molecule has 0 aromatic heterocycles. The maximum absolute atomic E-state index is 12.6. The van der Waals surface area contributed by atoms with Crippen LogP contribution in [0.1, 0.15) is 80.7 Å². The van der Waals surface area contributed by atoms with Crippen LogP contribution in [-0.4, -0.2) is 48.1 Å². The van der Waals surface area contributed by atoms with E-state index in [0.29, 0.717) is 37.3 Å². The van der Waals surface area contributed by atoms with E-state index >= 15 is 0 Å². The van der Waals surface area contributed by atoms with Crippen molar-refractivity contribution >= 4 is 11.9 Å². The van der Waals surface area contributed by atoms with Gasteiger partial charge in [0.15, 0.2) is 0 Å². The number of carbonyl (C=O) groups is 1. The highest BCUT2D eigenvalue weighted by molar-refractivity contribution is 5.78. The summed E-state index contributed by atoms with van der Waals surface area (Å²) in [5.41, 5.74) is 3.91. The van der Waals surface area contributed by atoms with Crippen LogP contribution in [-0.2, 0) is 9.53 Å². The highest BCUT2D eigenvalue weighted by Gasteiger charge is 2.17. The zero-order valence-corrected chi connectivity index (χ0v) is 22.5. The Morgan fingerprint density at radius 3 is 2.53 bits per heavy atom. The van der Waals surface area contributed by atoms with E-state index in [4.69, 9.17) is 4.74 Å². The maximum atomic E-state index is 12.6. The molecule has 0 saturated carbocycles. The smallest absolute Gasteiger partial charge is 0.133 e. The Labute approximate surface area is 217 Å². The summed E-state index contributed by atoms with van der Waals surface area (Å²) >= 11 is 0. The number of aryl methyl sites for hydroxylation is 2. The highest BCUT2D eigenvalue weighted by Crippen LogP contribution is 2.23. The fraction of sp³-hybridized carbons (Fsp3) is 0.516. The van der Waals surface area contributed by atoms with Gasteiger partial charge in [0.05, 0.1) is 18.8 Å². The lowest BCUT2D eigenvalue weighted by atomic mass is 10.0. The normalized spacial score (nSPS) is 15.5. The molecule has 2 atom stereocenters. The number of carbonyl (C=O) groups excluding carboxylic acids is 1. The van der Waals surface area contributed by atoms with E-state index in [-0.39, 0.29) is 11.9 Å². The number of nitrogens with zero attached hydrogens (tertiary/aromatic N) is 1. The van der Waals surface area contributed by atoms with Crippen LogP contribution in [0.5, 0.6) is 0 Å². The lowest BCUT2D eigenvalue weighted by molar-refractivity contribution is -0.119. The molecule has 0 amide bonds. The Bertz CT molecular complexity index is 953. The molecule has 5 heteroatoms. The molecule has 1 aliphatic heterocycles. The predicted octanol–water partition coefficient (Wildman–Crippen LogP) is 6.83. The van der Waals surface area contributed by atoms with Crippen molar-refractivity contribution in [3.63, 3.8) is 0 Å². The quantitative estimate of drug-likeness (QED) is 0.349. The fourth-order valence-corrected chi connectivity index (χ4v) is 4.25. The summed E-state index contributed by atoms with van der Waals surface area (Å²) in [5, 5.41) is 10.2. The predicted molar refractivity (Wildman–Crippen MR) is 147 cm³/mol. The number of ketones is 1. The molecule has 0 radical (unpaired) electrons. The lowest BCUT2D eigenvalue weighted by Crippen LogP contribution is -2.33. The average Bonchev–Trinajstić information content (AvgIpc) is 3.37. The number of β-amino-alcohol motifs (C(OH)–C–C–N with tert-alkyl or cyclic N) is 1. The van der Waals surface area contributed by atoms with Gasteiger partial charge in [0.2, 0.25) is 0 Å². The molecule has 1 fully saturated rings. The van der Waals surface area contributed by atoms with Gasteiger partial charge in [0, 0.05) is 19.4 Å². The molecular formula is C31H44FNO3. The van der Waals surface area contributed by atoms with Crippen LogP contribution in [0, 0.1) is 19.7 Å². The minimum Gasteiger partial charge on any atom is -0.389 e. The molecule has 2 aromatic carbocycles. The minimum absolute atomic E-state index is 0.0826. The number of hydrogen-bond acceptors (Lipinski definition) is 4. The van der Waals surface area contributed by atoms with E-state index in [1.54, 1.807) is 13.0 Å². The largest absolute Gasteiger partial charge is 0.389 e. The van der Waals surface area contributed by atoms with E-state index in [2.05, 4.69) is 29.2 Å². The second-order valence-corrected chi connectivity index (χ2v) is 9.75. The molecule has 0 aliphatic carbocycles. The number of allylic oxidation sites excluding steroid dienone is 1. The van der Waals surface area contributed by atoms with Crippen molar-refractivity contribution in [1.29, 1.82) is 0 Å². The highest BCUT2D eigenvalue weighted by atomic mass is 19.1. The van der Waals surface area contributed by atoms with Crippen molar-refractivity contribution < 1.29 is 19.0 Å². The molecule has 1 saturated heterocycles. The maximum Gasteiger partial charge on any atom is 0.133 e. The third kappa shape index (κ3) is 11.2. The molecule has 2 unspecified atom stereocenters. The number of likely N-dealkylation sites (tertiary alicyclic amines) is 1. The number of aliphatic hydroxyl groups is 1. The fourth-order valence-electron chi connectivity index (χ4n) is 4.25. The summed E-state index contributed by atoms with van der Waals surface area (Å²) < 4.78 is 18.5. The third-order valence-electron chi connectivity index (χ3n) is 6.38. The van der Waals surface area contributed by atoms with Gasteiger partial charge in [-0.3, -0.25) is 4.79 Å². The van der Waals surface area contributed by atoms with Gasteiger partial charge in [-0.15, -0.1) is 0 Å². The van der Waals surface area contributed by atoms with Crippen LogP contribution in [0.3, 0.4) is 0 Å². The van der Waals surface area contributed by atoms with Crippen LogP contribution >= 0.6 is 0 Å². The molecule has 1 N–H and O–H groups in total. The van der Waals surface area contributed by atoms with Crippen molar-refractivity contribution in [3.05, 3.63) is 76.6 Å². The van der Waals surface area contributed by atoms with E-state index in [0.717, 1.165) is 42.6 Å². The molecular weight excluding hydrogens is 453 g/mol. The van der Waals surface area contributed by atoms with Crippen LogP contribution in [0.15, 0.2) is 48.5 Å². The number of benzene rings is 2. The third-order valence-corrected chi connectivity index (χ3v) is 6.38. The number of rotatable bonds is 12. The van der Waals surface area contributed by atoms with Gasteiger partial charge >= 0.3 is 0 Å². The van der Waals surface area contributed by atoms with E-state index in [1.165, 1.54) is 18.9 Å². The first-order chi connectivity index (χ1) is 17.3. The average molecular weight is 498 g/mol. The van der Waals surface area contributed by atoms with Gasteiger partial charge in [-0.2, -0.15) is 0 Å². The summed E-state index contributed by atoms with van der Waals surface area (Å²) in [6, 6.07) is 13.4. The Hall–Kier alpha value is -2.34. The molecule has 0 spiro atoms. The number of Topliss-reactive ketones (excluding diaryl/α,β-unsaturated/α-hetero) is 1. The minimum atomic E-state index is -0.446. The molecule has 36 heavy (non-hydrogen) atoms.